The van der Waals surface area contributed by atoms with Gasteiger partial charge in [-0.2, -0.15) is 0 Å². The average Bonchev–Trinajstić information content (AvgIpc) is 2.84. The van der Waals surface area contributed by atoms with Gasteiger partial charge < -0.3 is 15.0 Å². The minimum atomic E-state index is -0.266. The lowest BCUT2D eigenvalue weighted by molar-refractivity contribution is 0.101. The number of H-pyrrole nitrogens is 1. The third-order valence-corrected chi connectivity index (χ3v) is 2.20. The Balaban J connectivity index is 2.00. The molecule has 0 unspecified atom stereocenters. The quantitative estimate of drug-likeness (QED) is 0.869. The Morgan fingerprint density at radius 3 is 2.61 bits per heavy atom. The fourth-order valence-electron chi connectivity index (χ4n) is 1.47. The van der Waals surface area contributed by atoms with Crippen molar-refractivity contribution >= 4 is 11.6 Å². The molecule has 5 nitrogen and oxygen atoms in total. The summed E-state index contributed by atoms with van der Waals surface area (Å²) in [7, 11) is 0. The predicted molar refractivity (Wildman–Crippen MR) is 68.7 cm³/mol. The van der Waals surface area contributed by atoms with E-state index < -0.39 is 0 Å². The van der Waals surface area contributed by atoms with Crippen LogP contribution in [0.1, 0.15) is 24.5 Å². The first-order chi connectivity index (χ1) is 8.65. The summed E-state index contributed by atoms with van der Waals surface area (Å²) in [5, 5.41) is 2.74. The van der Waals surface area contributed by atoms with Crippen LogP contribution in [0.4, 0.5) is 5.69 Å². The van der Waals surface area contributed by atoms with Crippen LogP contribution in [0.2, 0.25) is 0 Å². The summed E-state index contributed by atoms with van der Waals surface area (Å²) in [5.41, 5.74) is 0.701. The maximum atomic E-state index is 11.7. The van der Waals surface area contributed by atoms with Gasteiger partial charge in [-0.25, -0.2) is 4.98 Å². The van der Waals surface area contributed by atoms with Crippen molar-refractivity contribution in [2.24, 2.45) is 0 Å². The van der Waals surface area contributed by atoms with Gasteiger partial charge in [-0.1, -0.05) is 0 Å². The lowest BCUT2D eigenvalue weighted by atomic mass is 10.3. The Bertz CT molecular complexity index is 504. The number of carbonyl (C=O) groups is 1. The van der Waals surface area contributed by atoms with Crippen LogP contribution in [0, 0.1) is 0 Å². The fraction of sp³-hybridized carbons (Fsp3) is 0.231. The second kappa shape index (κ2) is 5.35. The third-order valence-electron chi connectivity index (χ3n) is 2.20. The van der Waals surface area contributed by atoms with Crippen molar-refractivity contribution < 1.29 is 9.53 Å². The molecule has 94 valence electrons. The Hall–Kier alpha value is -2.30. The van der Waals surface area contributed by atoms with Gasteiger partial charge in [0, 0.05) is 18.1 Å². The van der Waals surface area contributed by atoms with Gasteiger partial charge >= 0.3 is 0 Å². The summed E-state index contributed by atoms with van der Waals surface area (Å²) in [6.07, 6.45) is 3.27. The lowest BCUT2D eigenvalue weighted by Crippen LogP contribution is -2.13. The van der Waals surface area contributed by atoms with E-state index in [1.165, 1.54) is 6.20 Å². The summed E-state index contributed by atoms with van der Waals surface area (Å²) in [4.78, 5) is 18.3. The van der Waals surface area contributed by atoms with Gasteiger partial charge in [0.05, 0.1) is 6.10 Å². The first kappa shape index (κ1) is 12.2. The molecule has 18 heavy (non-hydrogen) atoms. The number of benzene rings is 1. The summed E-state index contributed by atoms with van der Waals surface area (Å²) < 4.78 is 5.52. The second-order valence-corrected chi connectivity index (χ2v) is 4.08. The molecular formula is C13H15N3O2. The number of rotatable bonds is 4. The van der Waals surface area contributed by atoms with E-state index in [2.05, 4.69) is 15.3 Å². The summed E-state index contributed by atoms with van der Waals surface area (Å²) in [6.45, 7) is 3.93. The Morgan fingerprint density at radius 2 is 2.06 bits per heavy atom. The molecule has 0 aliphatic rings. The minimum absolute atomic E-state index is 0.133. The molecule has 2 aromatic rings. The minimum Gasteiger partial charge on any atom is -0.491 e. The number of hydrogen-bond donors (Lipinski definition) is 2. The molecule has 0 fully saturated rings. The lowest BCUT2D eigenvalue weighted by Gasteiger charge is -2.10. The number of ether oxygens (including phenoxy) is 1. The van der Waals surface area contributed by atoms with Crippen LogP contribution in [-0.4, -0.2) is 22.0 Å². The number of aromatic amines is 1. The van der Waals surface area contributed by atoms with Crippen molar-refractivity contribution in [3.63, 3.8) is 0 Å². The molecule has 0 radical (unpaired) electrons. The van der Waals surface area contributed by atoms with Gasteiger partial charge in [0.2, 0.25) is 0 Å². The molecule has 1 heterocycles. The van der Waals surface area contributed by atoms with Crippen molar-refractivity contribution in [2.45, 2.75) is 20.0 Å². The van der Waals surface area contributed by atoms with Crippen molar-refractivity contribution in [1.82, 2.24) is 9.97 Å². The van der Waals surface area contributed by atoms with E-state index in [4.69, 9.17) is 4.74 Å². The first-order valence-electron chi connectivity index (χ1n) is 5.72. The van der Waals surface area contributed by atoms with Gasteiger partial charge in [-0.05, 0) is 38.1 Å². The van der Waals surface area contributed by atoms with E-state index in [0.29, 0.717) is 5.69 Å². The van der Waals surface area contributed by atoms with Gasteiger partial charge in [-0.3, -0.25) is 4.79 Å². The molecule has 0 bridgehead atoms. The molecule has 0 aliphatic carbocycles. The number of anilines is 1. The molecule has 0 aliphatic heterocycles. The molecule has 2 N–H and O–H groups in total. The van der Waals surface area contributed by atoms with Crippen LogP contribution in [0.3, 0.4) is 0 Å². The van der Waals surface area contributed by atoms with Crippen LogP contribution in [0.25, 0.3) is 0 Å². The predicted octanol–water partition coefficient (Wildman–Crippen LogP) is 2.45. The van der Waals surface area contributed by atoms with Crippen molar-refractivity contribution in [3.8, 4) is 5.75 Å². The largest absolute Gasteiger partial charge is 0.491 e. The Labute approximate surface area is 105 Å². The molecule has 1 amide bonds. The summed E-state index contributed by atoms with van der Waals surface area (Å²) in [6, 6.07) is 7.21. The molecule has 0 spiro atoms. The van der Waals surface area contributed by atoms with Crippen molar-refractivity contribution in [2.75, 3.05) is 5.32 Å². The maximum Gasteiger partial charge on any atom is 0.291 e. The number of nitrogens with one attached hydrogen (secondary N) is 2. The molecule has 1 aromatic heterocycles. The highest BCUT2D eigenvalue weighted by Gasteiger charge is 2.07. The normalized spacial score (nSPS) is 10.4. The van der Waals surface area contributed by atoms with E-state index in [1.807, 2.05) is 26.0 Å². The zero-order valence-corrected chi connectivity index (χ0v) is 10.3. The smallest absolute Gasteiger partial charge is 0.291 e. The average molecular weight is 245 g/mol. The van der Waals surface area contributed by atoms with Crippen molar-refractivity contribution in [1.29, 1.82) is 0 Å². The van der Waals surface area contributed by atoms with Crippen LogP contribution in [0.15, 0.2) is 36.7 Å². The topological polar surface area (TPSA) is 67.0 Å². The van der Waals surface area contributed by atoms with Crippen LogP contribution in [-0.2, 0) is 0 Å². The van der Waals surface area contributed by atoms with E-state index in [0.717, 1.165) is 5.75 Å². The standard InChI is InChI=1S/C13H15N3O2/c1-9(2)18-11-5-3-10(4-6-11)16-13(17)12-14-7-8-15-12/h3-9H,1-2H3,(H,14,15)(H,16,17). The van der Waals surface area contributed by atoms with Gasteiger partial charge in [-0.15, -0.1) is 0 Å². The fourth-order valence-corrected chi connectivity index (χ4v) is 1.47. The Kier molecular flexibility index (Phi) is 3.62. The molecule has 0 atom stereocenters. The number of hydrogen-bond acceptors (Lipinski definition) is 3. The van der Waals surface area contributed by atoms with Crippen LogP contribution in [0.5, 0.6) is 5.75 Å². The van der Waals surface area contributed by atoms with Gasteiger partial charge in [0.15, 0.2) is 5.82 Å². The monoisotopic (exact) mass is 245 g/mol. The van der Waals surface area contributed by atoms with E-state index in [9.17, 15) is 4.79 Å². The molecule has 2 rings (SSSR count). The number of amides is 1. The zero-order valence-electron chi connectivity index (χ0n) is 10.3. The van der Waals surface area contributed by atoms with Crippen LogP contribution >= 0.6 is 0 Å². The molecule has 5 heteroatoms. The zero-order chi connectivity index (χ0) is 13.0. The molecular weight excluding hydrogens is 230 g/mol. The third kappa shape index (κ3) is 3.10. The molecule has 0 saturated heterocycles. The van der Waals surface area contributed by atoms with Gasteiger partial charge in [0.1, 0.15) is 5.75 Å². The van der Waals surface area contributed by atoms with E-state index in [-0.39, 0.29) is 17.8 Å². The highest BCUT2D eigenvalue weighted by Crippen LogP contribution is 2.17. The second-order valence-electron chi connectivity index (χ2n) is 4.08. The number of carbonyl (C=O) groups excluding carboxylic acids is 1. The number of aromatic nitrogens is 2. The van der Waals surface area contributed by atoms with Gasteiger partial charge in [0.25, 0.3) is 5.91 Å². The molecule has 0 saturated carbocycles. The summed E-state index contributed by atoms with van der Waals surface area (Å²) in [5.74, 6) is 0.802. The van der Waals surface area contributed by atoms with E-state index in [1.54, 1.807) is 18.3 Å². The number of nitrogens with zero attached hydrogens (tertiary/aromatic N) is 1. The van der Waals surface area contributed by atoms with Crippen LogP contribution < -0.4 is 10.1 Å². The summed E-state index contributed by atoms with van der Waals surface area (Å²) >= 11 is 0. The maximum absolute atomic E-state index is 11.7. The Morgan fingerprint density at radius 1 is 1.33 bits per heavy atom. The van der Waals surface area contributed by atoms with Crippen molar-refractivity contribution in [3.05, 3.63) is 42.5 Å². The molecule has 1 aromatic carbocycles. The highest BCUT2D eigenvalue weighted by atomic mass is 16.5. The van der Waals surface area contributed by atoms with E-state index >= 15 is 0 Å². The SMILES string of the molecule is CC(C)Oc1ccc(NC(=O)c2ncc[nH]2)cc1. The highest BCUT2D eigenvalue weighted by molar-refractivity contribution is 6.01. The number of imidazole rings is 1. The first-order valence-corrected chi connectivity index (χ1v) is 5.72.